The third kappa shape index (κ3) is 3.13. The van der Waals surface area contributed by atoms with Crippen LogP contribution in [0.3, 0.4) is 0 Å². The minimum atomic E-state index is 0.139. The Hall–Kier alpha value is -1.22. The Morgan fingerprint density at radius 3 is 2.00 bits per heavy atom. The number of ketones is 1. The van der Waals surface area contributed by atoms with Gasteiger partial charge >= 0.3 is 0 Å². The van der Waals surface area contributed by atoms with Gasteiger partial charge in [0, 0.05) is 18.4 Å². The molecule has 0 heterocycles. The van der Waals surface area contributed by atoms with Crippen LogP contribution < -0.4 is 5.73 Å². The number of rotatable bonds is 4. The van der Waals surface area contributed by atoms with Crippen molar-refractivity contribution < 1.29 is 4.79 Å². The molecule has 3 heteroatoms. The van der Waals surface area contributed by atoms with Crippen LogP contribution in [0.1, 0.15) is 45.5 Å². The molecule has 0 amide bonds. The molecular formula is C14H19NOS. The Labute approximate surface area is 108 Å². The molecule has 17 heavy (non-hydrogen) atoms. The molecule has 0 aliphatic carbocycles. The van der Waals surface area contributed by atoms with Crippen molar-refractivity contribution in [2.24, 2.45) is 5.73 Å². The summed E-state index contributed by atoms with van der Waals surface area (Å²) in [6.07, 6.45) is 0.889. The summed E-state index contributed by atoms with van der Waals surface area (Å²) in [5.41, 5.74) is 10.7. The van der Waals surface area contributed by atoms with Crippen molar-refractivity contribution in [1.82, 2.24) is 0 Å². The molecule has 0 atom stereocenters. The third-order valence-electron chi connectivity index (χ3n) is 3.24. The Morgan fingerprint density at radius 1 is 1.12 bits per heavy atom. The molecule has 1 aromatic carbocycles. The molecule has 1 aromatic rings. The molecule has 0 spiro atoms. The lowest BCUT2D eigenvalue weighted by molar-refractivity contribution is 0.0983. The highest BCUT2D eigenvalue weighted by Gasteiger charge is 2.15. The average Bonchev–Trinajstić information content (AvgIpc) is 2.24. The molecule has 0 bridgehead atoms. The maximum absolute atomic E-state index is 12.2. The van der Waals surface area contributed by atoms with Crippen LogP contribution in [0.2, 0.25) is 0 Å². The van der Waals surface area contributed by atoms with Crippen LogP contribution in [0.4, 0.5) is 0 Å². The van der Waals surface area contributed by atoms with Crippen molar-refractivity contribution in [3.8, 4) is 0 Å². The lowest BCUT2D eigenvalue weighted by Crippen LogP contribution is -2.13. The highest BCUT2D eigenvalue weighted by molar-refractivity contribution is 7.80. The first-order chi connectivity index (χ1) is 7.84. The van der Waals surface area contributed by atoms with Gasteiger partial charge in [-0.25, -0.2) is 0 Å². The highest BCUT2D eigenvalue weighted by Crippen LogP contribution is 2.23. The van der Waals surface area contributed by atoms with Gasteiger partial charge in [-0.2, -0.15) is 0 Å². The number of nitrogens with two attached hydrogens (primary N) is 1. The molecular weight excluding hydrogens is 230 g/mol. The largest absolute Gasteiger partial charge is 0.393 e. The molecule has 0 saturated heterocycles. The van der Waals surface area contributed by atoms with E-state index >= 15 is 0 Å². The van der Waals surface area contributed by atoms with Gasteiger partial charge in [-0.05, 0) is 49.9 Å². The molecule has 0 aliphatic heterocycles. The first kappa shape index (κ1) is 13.8. The monoisotopic (exact) mass is 249 g/mol. The molecule has 2 N–H and O–H groups in total. The summed E-state index contributed by atoms with van der Waals surface area (Å²) in [7, 11) is 0. The molecule has 0 saturated carbocycles. The van der Waals surface area contributed by atoms with E-state index in [1.807, 2.05) is 27.7 Å². The number of carbonyl (C=O) groups is 1. The lowest BCUT2D eigenvalue weighted by Gasteiger charge is -2.14. The van der Waals surface area contributed by atoms with Gasteiger partial charge in [-0.1, -0.05) is 18.3 Å². The number of Topliss-reactive ketones (excluding diaryl/α,β-unsaturated/α-hetero) is 1. The summed E-state index contributed by atoms with van der Waals surface area (Å²) in [5.74, 6) is 0.139. The van der Waals surface area contributed by atoms with Gasteiger partial charge in [0.25, 0.3) is 0 Å². The zero-order chi connectivity index (χ0) is 13.2. The number of benzene rings is 1. The Bertz CT molecular complexity index is 451. The summed E-state index contributed by atoms with van der Waals surface area (Å²) in [6, 6.07) is 2.12. The number of carbonyl (C=O) groups excluding carboxylic acids is 1. The summed E-state index contributed by atoms with van der Waals surface area (Å²) < 4.78 is 0. The Balaban J connectivity index is 3.12. The predicted molar refractivity (Wildman–Crippen MR) is 75.7 cm³/mol. The fourth-order valence-corrected chi connectivity index (χ4v) is 2.10. The van der Waals surface area contributed by atoms with Gasteiger partial charge in [-0.15, -0.1) is 0 Å². The van der Waals surface area contributed by atoms with Crippen molar-refractivity contribution in [3.05, 3.63) is 33.9 Å². The van der Waals surface area contributed by atoms with Crippen molar-refractivity contribution in [3.63, 3.8) is 0 Å². The second kappa shape index (κ2) is 5.41. The van der Waals surface area contributed by atoms with Crippen LogP contribution in [-0.4, -0.2) is 10.8 Å². The van der Waals surface area contributed by atoms with E-state index in [2.05, 4.69) is 6.07 Å². The molecule has 92 valence electrons. The SMILES string of the molecule is Cc1cc(C)c(C)c(C(=O)CCC(N)=S)c1C. The molecule has 1 rings (SSSR count). The minimum absolute atomic E-state index is 0.139. The van der Waals surface area contributed by atoms with E-state index in [-0.39, 0.29) is 5.78 Å². The van der Waals surface area contributed by atoms with Crippen molar-refractivity contribution in [1.29, 1.82) is 0 Å². The van der Waals surface area contributed by atoms with E-state index in [0.29, 0.717) is 17.8 Å². The van der Waals surface area contributed by atoms with Crippen molar-refractivity contribution in [2.75, 3.05) is 0 Å². The number of hydrogen-bond acceptors (Lipinski definition) is 2. The minimum Gasteiger partial charge on any atom is -0.393 e. The second-order valence-electron chi connectivity index (χ2n) is 4.52. The van der Waals surface area contributed by atoms with Crippen LogP contribution in [0, 0.1) is 27.7 Å². The summed E-state index contributed by atoms with van der Waals surface area (Å²) in [5, 5.41) is 0. The first-order valence-electron chi connectivity index (χ1n) is 5.73. The van der Waals surface area contributed by atoms with Crippen LogP contribution in [0.25, 0.3) is 0 Å². The summed E-state index contributed by atoms with van der Waals surface area (Å²) in [4.78, 5) is 12.6. The van der Waals surface area contributed by atoms with Crippen LogP contribution in [-0.2, 0) is 0 Å². The predicted octanol–water partition coefficient (Wildman–Crippen LogP) is 3.17. The van der Waals surface area contributed by atoms with E-state index in [1.165, 1.54) is 0 Å². The van der Waals surface area contributed by atoms with Crippen LogP contribution in [0.5, 0.6) is 0 Å². The van der Waals surface area contributed by atoms with Crippen molar-refractivity contribution in [2.45, 2.75) is 40.5 Å². The molecule has 0 aromatic heterocycles. The molecule has 2 nitrogen and oxygen atoms in total. The molecule has 0 aliphatic rings. The molecule has 0 fully saturated rings. The third-order valence-corrected chi connectivity index (χ3v) is 3.45. The smallest absolute Gasteiger partial charge is 0.163 e. The topological polar surface area (TPSA) is 43.1 Å². The van der Waals surface area contributed by atoms with E-state index < -0.39 is 0 Å². The normalized spacial score (nSPS) is 10.4. The molecule has 0 radical (unpaired) electrons. The maximum atomic E-state index is 12.2. The van der Waals surface area contributed by atoms with Crippen LogP contribution >= 0.6 is 12.2 Å². The fourth-order valence-electron chi connectivity index (χ4n) is 2.00. The fraction of sp³-hybridized carbons (Fsp3) is 0.429. The van der Waals surface area contributed by atoms with E-state index in [4.69, 9.17) is 18.0 Å². The number of aryl methyl sites for hydroxylation is 2. The zero-order valence-electron chi connectivity index (χ0n) is 10.9. The molecule has 0 unspecified atom stereocenters. The summed E-state index contributed by atoms with van der Waals surface area (Å²) >= 11 is 4.81. The summed E-state index contributed by atoms with van der Waals surface area (Å²) in [6.45, 7) is 8.06. The van der Waals surface area contributed by atoms with Gasteiger partial charge < -0.3 is 5.73 Å². The second-order valence-corrected chi connectivity index (χ2v) is 5.05. The maximum Gasteiger partial charge on any atom is 0.163 e. The van der Waals surface area contributed by atoms with Gasteiger partial charge in [0.15, 0.2) is 5.78 Å². The van der Waals surface area contributed by atoms with E-state index in [0.717, 1.165) is 27.8 Å². The van der Waals surface area contributed by atoms with Gasteiger partial charge in [0.1, 0.15) is 0 Å². The Morgan fingerprint density at radius 2 is 1.59 bits per heavy atom. The quantitative estimate of drug-likeness (QED) is 0.658. The van der Waals surface area contributed by atoms with E-state index in [1.54, 1.807) is 0 Å². The van der Waals surface area contributed by atoms with E-state index in [9.17, 15) is 4.79 Å². The zero-order valence-corrected chi connectivity index (χ0v) is 11.7. The number of thiocarbonyl (C=S) groups is 1. The van der Waals surface area contributed by atoms with Gasteiger partial charge in [-0.3, -0.25) is 4.79 Å². The van der Waals surface area contributed by atoms with Crippen molar-refractivity contribution >= 4 is 23.0 Å². The standard InChI is InChI=1S/C14H19NOS/c1-8-7-9(2)11(4)14(10(8)3)12(16)5-6-13(15)17/h7H,5-6H2,1-4H3,(H2,15,17). The Kier molecular flexibility index (Phi) is 4.40. The first-order valence-corrected chi connectivity index (χ1v) is 6.14. The van der Waals surface area contributed by atoms with Crippen LogP contribution in [0.15, 0.2) is 6.07 Å². The highest BCUT2D eigenvalue weighted by atomic mass is 32.1. The van der Waals surface area contributed by atoms with Gasteiger partial charge in [0.05, 0.1) is 4.99 Å². The average molecular weight is 249 g/mol. The lowest BCUT2D eigenvalue weighted by atomic mass is 9.90. The van der Waals surface area contributed by atoms with Gasteiger partial charge in [0.2, 0.25) is 0 Å². The number of hydrogen-bond donors (Lipinski definition) is 1.